The summed E-state index contributed by atoms with van der Waals surface area (Å²) < 4.78 is 40.2. The van der Waals surface area contributed by atoms with Gasteiger partial charge in [-0.25, -0.2) is 0 Å². The van der Waals surface area contributed by atoms with Gasteiger partial charge in [0.25, 0.3) is 0 Å². The Hall–Kier alpha value is -2.64. The molecule has 0 aliphatic carbocycles. The van der Waals surface area contributed by atoms with Crippen molar-refractivity contribution in [1.29, 1.82) is 0 Å². The normalized spacial score (nSPS) is 11.2. The number of thiocarbonyl (C=S) groups is 1. The maximum atomic E-state index is 13.4. The lowest BCUT2D eigenvalue weighted by atomic mass is 10.1. The molecule has 0 bridgehead atoms. The molecule has 1 N–H and O–H groups in total. The van der Waals surface area contributed by atoms with Crippen molar-refractivity contribution in [2.75, 3.05) is 5.32 Å². The zero-order chi connectivity index (χ0) is 21.7. The van der Waals surface area contributed by atoms with Gasteiger partial charge in [0.2, 0.25) is 0 Å². The van der Waals surface area contributed by atoms with Gasteiger partial charge in [-0.15, -0.1) is 0 Å². The van der Waals surface area contributed by atoms with Gasteiger partial charge in [-0.05, 0) is 55.0 Å². The molecule has 0 spiro atoms. The van der Waals surface area contributed by atoms with Crippen LogP contribution in [0.1, 0.15) is 22.4 Å². The molecule has 8 heteroatoms. The number of pyridine rings is 1. The van der Waals surface area contributed by atoms with Crippen LogP contribution in [-0.4, -0.2) is 15.0 Å². The molecule has 2 aromatic carbocycles. The van der Waals surface area contributed by atoms with Gasteiger partial charge in [-0.1, -0.05) is 47.5 Å². The van der Waals surface area contributed by atoms with E-state index in [-0.39, 0.29) is 15.8 Å². The SMILES string of the molecule is Cc1ccc(CN(Cc2ccccn2)C(=S)Nc2cc(Cl)ccc2C(F)(F)F)cc1. The molecule has 3 aromatic rings. The fraction of sp³-hybridized carbons (Fsp3) is 0.182. The van der Waals surface area contributed by atoms with Gasteiger partial charge in [0.15, 0.2) is 5.11 Å². The maximum absolute atomic E-state index is 13.4. The van der Waals surface area contributed by atoms with Gasteiger partial charge < -0.3 is 10.2 Å². The Morgan fingerprint density at radius 3 is 2.43 bits per heavy atom. The average Bonchev–Trinajstić information content (AvgIpc) is 2.69. The Morgan fingerprint density at radius 1 is 1.07 bits per heavy atom. The van der Waals surface area contributed by atoms with E-state index in [1.54, 1.807) is 17.2 Å². The van der Waals surface area contributed by atoms with E-state index in [0.717, 1.165) is 22.9 Å². The monoisotopic (exact) mass is 449 g/mol. The maximum Gasteiger partial charge on any atom is 0.418 e. The van der Waals surface area contributed by atoms with Crippen molar-refractivity contribution in [2.24, 2.45) is 0 Å². The number of nitrogens with zero attached hydrogens (tertiary/aromatic N) is 2. The van der Waals surface area contributed by atoms with E-state index in [0.29, 0.717) is 13.1 Å². The van der Waals surface area contributed by atoms with Crippen molar-refractivity contribution in [1.82, 2.24) is 9.88 Å². The van der Waals surface area contributed by atoms with Gasteiger partial charge in [-0.3, -0.25) is 4.98 Å². The van der Waals surface area contributed by atoms with Gasteiger partial charge in [-0.2, -0.15) is 13.2 Å². The minimum Gasteiger partial charge on any atom is -0.339 e. The molecule has 0 saturated carbocycles. The molecule has 1 aromatic heterocycles. The summed E-state index contributed by atoms with van der Waals surface area (Å²) in [6.07, 6.45) is -2.88. The van der Waals surface area contributed by atoms with E-state index < -0.39 is 11.7 Å². The second kappa shape index (κ2) is 9.45. The lowest BCUT2D eigenvalue weighted by Crippen LogP contribution is -2.34. The molecule has 1 heterocycles. The first-order chi connectivity index (χ1) is 14.2. The molecular weight excluding hydrogens is 431 g/mol. The van der Waals surface area contributed by atoms with Crippen LogP contribution >= 0.6 is 23.8 Å². The van der Waals surface area contributed by atoms with E-state index in [1.807, 2.05) is 43.3 Å². The molecule has 0 aliphatic heterocycles. The largest absolute Gasteiger partial charge is 0.418 e. The number of hydrogen-bond donors (Lipinski definition) is 1. The van der Waals surface area contributed by atoms with Crippen molar-refractivity contribution in [2.45, 2.75) is 26.2 Å². The van der Waals surface area contributed by atoms with Crippen LogP contribution in [0.15, 0.2) is 66.9 Å². The molecule has 0 atom stereocenters. The minimum atomic E-state index is -4.54. The van der Waals surface area contributed by atoms with Crippen LogP contribution in [0.5, 0.6) is 0 Å². The van der Waals surface area contributed by atoms with Crippen molar-refractivity contribution in [3.63, 3.8) is 0 Å². The molecule has 0 radical (unpaired) electrons. The first-order valence-electron chi connectivity index (χ1n) is 9.10. The number of aryl methyl sites for hydroxylation is 1. The number of benzene rings is 2. The lowest BCUT2D eigenvalue weighted by molar-refractivity contribution is -0.136. The van der Waals surface area contributed by atoms with Gasteiger partial charge in [0.05, 0.1) is 23.5 Å². The van der Waals surface area contributed by atoms with Gasteiger partial charge >= 0.3 is 6.18 Å². The van der Waals surface area contributed by atoms with Gasteiger partial charge in [0.1, 0.15) is 0 Å². The highest BCUT2D eigenvalue weighted by molar-refractivity contribution is 7.80. The molecule has 0 amide bonds. The Labute approximate surface area is 183 Å². The van der Waals surface area contributed by atoms with E-state index in [2.05, 4.69) is 10.3 Å². The summed E-state index contributed by atoms with van der Waals surface area (Å²) in [5.74, 6) is 0. The fourth-order valence-electron chi connectivity index (χ4n) is 2.86. The minimum absolute atomic E-state index is 0.147. The molecule has 30 heavy (non-hydrogen) atoms. The van der Waals surface area contributed by atoms with E-state index in [1.165, 1.54) is 12.1 Å². The summed E-state index contributed by atoms with van der Waals surface area (Å²) in [6, 6.07) is 16.7. The number of rotatable bonds is 5. The molecule has 3 rings (SSSR count). The fourth-order valence-corrected chi connectivity index (χ4v) is 3.27. The second-order valence-corrected chi connectivity index (χ2v) is 7.60. The summed E-state index contributed by atoms with van der Waals surface area (Å²) in [4.78, 5) is 6.07. The quantitative estimate of drug-likeness (QED) is 0.452. The molecule has 0 unspecified atom stereocenters. The van der Waals surface area contributed by atoms with Crippen LogP contribution in [0, 0.1) is 6.92 Å². The van der Waals surface area contributed by atoms with E-state index in [9.17, 15) is 13.2 Å². The predicted octanol–water partition coefficient (Wildman–Crippen LogP) is 6.46. The number of aromatic nitrogens is 1. The zero-order valence-corrected chi connectivity index (χ0v) is 17.7. The Morgan fingerprint density at radius 2 is 1.80 bits per heavy atom. The number of anilines is 1. The highest BCUT2D eigenvalue weighted by atomic mass is 35.5. The van der Waals surface area contributed by atoms with Crippen LogP contribution in [0.4, 0.5) is 18.9 Å². The molecule has 156 valence electrons. The topological polar surface area (TPSA) is 28.2 Å². The summed E-state index contributed by atoms with van der Waals surface area (Å²) >= 11 is 11.4. The average molecular weight is 450 g/mol. The highest BCUT2D eigenvalue weighted by Crippen LogP contribution is 2.36. The van der Waals surface area contributed by atoms with E-state index in [4.69, 9.17) is 23.8 Å². The first-order valence-corrected chi connectivity index (χ1v) is 9.89. The Balaban J connectivity index is 1.88. The third kappa shape index (κ3) is 5.93. The van der Waals surface area contributed by atoms with Crippen molar-refractivity contribution < 1.29 is 13.2 Å². The Kier molecular flexibility index (Phi) is 6.95. The lowest BCUT2D eigenvalue weighted by Gasteiger charge is -2.27. The van der Waals surface area contributed by atoms with Crippen LogP contribution in [0.3, 0.4) is 0 Å². The van der Waals surface area contributed by atoms with Crippen LogP contribution < -0.4 is 5.32 Å². The summed E-state index contributed by atoms with van der Waals surface area (Å²) in [5, 5.41) is 3.07. The molecule has 0 fully saturated rings. The molecular formula is C22H19ClF3N3S. The predicted molar refractivity (Wildman–Crippen MR) is 117 cm³/mol. The number of hydrogen-bond acceptors (Lipinski definition) is 2. The zero-order valence-electron chi connectivity index (χ0n) is 16.1. The molecule has 3 nitrogen and oxygen atoms in total. The summed E-state index contributed by atoms with van der Waals surface area (Å²) in [6.45, 7) is 2.73. The van der Waals surface area contributed by atoms with Crippen molar-refractivity contribution in [3.05, 3.63) is 94.3 Å². The second-order valence-electron chi connectivity index (χ2n) is 6.78. The number of halogens is 4. The number of alkyl halides is 3. The smallest absolute Gasteiger partial charge is 0.339 e. The van der Waals surface area contributed by atoms with Crippen LogP contribution in [-0.2, 0) is 19.3 Å². The summed E-state index contributed by atoms with van der Waals surface area (Å²) in [7, 11) is 0. The first kappa shape index (κ1) is 22.1. The summed E-state index contributed by atoms with van der Waals surface area (Å²) in [5.41, 5.74) is 1.82. The van der Waals surface area contributed by atoms with Crippen LogP contribution in [0.2, 0.25) is 5.02 Å². The third-order valence-electron chi connectivity index (χ3n) is 4.39. The van der Waals surface area contributed by atoms with Gasteiger partial charge in [0, 0.05) is 17.8 Å². The molecule has 0 aliphatic rings. The molecule has 0 saturated heterocycles. The van der Waals surface area contributed by atoms with Crippen molar-refractivity contribution in [3.8, 4) is 0 Å². The van der Waals surface area contributed by atoms with Crippen molar-refractivity contribution >= 4 is 34.6 Å². The standard InChI is InChI=1S/C22H19ClF3N3S/c1-15-5-7-16(8-6-15)13-29(14-18-4-2-3-11-27-18)21(30)28-20-12-17(23)9-10-19(20)22(24,25)26/h2-12H,13-14H2,1H3,(H,28,30). The highest BCUT2D eigenvalue weighted by Gasteiger charge is 2.34. The van der Waals surface area contributed by atoms with Crippen LogP contribution in [0.25, 0.3) is 0 Å². The Bertz CT molecular complexity index is 1010. The van der Waals surface area contributed by atoms with E-state index >= 15 is 0 Å². The third-order valence-corrected chi connectivity index (χ3v) is 4.98. The number of nitrogens with one attached hydrogen (secondary N) is 1.